The highest BCUT2D eigenvalue weighted by Gasteiger charge is 2.31. The minimum Gasteiger partial charge on any atom is -0.465 e. The largest absolute Gasteiger partial charge is 0.465 e. The third kappa shape index (κ3) is 4.27. The van der Waals surface area contributed by atoms with Crippen LogP contribution in [0.4, 0.5) is 0 Å². The molecule has 0 radical (unpaired) electrons. The van der Waals surface area contributed by atoms with Gasteiger partial charge in [-0.3, -0.25) is 4.79 Å². The summed E-state index contributed by atoms with van der Waals surface area (Å²) in [6.45, 7) is 11.1. The van der Waals surface area contributed by atoms with E-state index in [9.17, 15) is 4.79 Å². The number of carbonyl (C=O) groups is 1. The predicted molar refractivity (Wildman–Crippen MR) is 53.6 cm³/mol. The van der Waals surface area contributed by atoms with Gasteiger partial charge < -0.3 is 10.1 Å². The molecule has 0 rings (SSSR count). The molecule has 13 heavy (non-hydrogen) atoms. The monoisotopic (exact) mass is 187 g/mol. The van der Waals surface area contributed by atoms with Crippen LogP contribution in [0.25, 0.3) is 0 Å². The lowest BCUT2D eigenvalue weighted by Crippen LogP contribution is -2.47. The molecule has 3 heteroatoms. The van der Waals surface area contributed by atoms with Crippen molar-refractivity contribution in [1.82, 2.24) is 5.32 Å². The smallest absolute Gasteiger partial charge is 0.323 e. The Morgan fingerprint density at radius 2 is 1.92 bits per heavy atom. The van der Waals surface area contributed by atoms with Crippen molar-refractivity contribution in [3.05, 3.63) is 0 Å². The maximum Gasteiger partial charge on any atom is 0.323 e. The highest BCUT2D eigenvalue weighted by Crippen LogP contribution is 2.20. The van der Waals surface area contributed by atoms with E-state index in [1.54, 1.807) is 0 Å². The number of esters is 1. The summed E-state index contributed by atoms with van der Waals surface area (Å²) in [7, 11) is 0. The third-order valence-corrected chi connectivity index (χ3v) is 1.80. The highest BCUT2D eigenvalue weighted by atomic mass is 16.5. The number of rotatable bonds is 4. The van der Waals surface area contributed by atoms with Gasteiger partial charge in [0.05, 0.1) is 6.61 Å². The Morgan fingerprint density at radius 1 is 1.38 bits per heavy atom. The van der Waals surface area contributed by atoms with Crippen molar-refractivity contribution in [2.75, 3.05) is 13.2 Å². The van der Waals surface area contributed by atoms with E-state index in [-0.39, 0.29) is 17.4 Å². The summed E-state index contributed by atoms with van der Waals surface area (Å²) >= 11 is 0. The molecule has 0 aliphatic rings. The van der Waals surface area contributed by atoms with E-state index in [0.29, 0.717) is 6.61 Å². The molecule has 0 heterocycles. The lowest BCUT2D eigenvalue weighted by molar-refractivity contribution is -0.148. The molecule has 0 saturated carbocycles. The number of nitrogens with one attached hydrogen (secondary N) is 1. The zero-order valence-electron chi connectivity index (χ0n) is 9.31. The Hall–Kier alpha value is -0.570. The van der Waals surface area contributed by atoms with E-state index < -0.39 is 0 Å². The van der Waals surface area contributed by atoms with Gasteiger partial charge >= 0.3 is 5.97 Å². The van der Waals surface area contributed by atoms with E-state index >= 15 is 0 Å². The van der Waals surface area contributed by atoms with E-state index in [1.807, 2.05) is 34.6 Å². The fraction of sp³-hybridized carbons (Fsp3) is 0.900. The van der Waals surface area contributed by atoms with Gasteiger partial charge in [-0.1, -0.05) is 27.7 Å². The van der Waals surface area contributed by atoms with Crippen molar-refractivity contribution < 1.29 is 9.53 Å². The third-order valence-electron chi connectivity index (χ3n) is 1.80. The molecule has 0 amide bonds. The lowest BCUT2D eigenvalue weighted by Gasteiger charge is -2.29. The van der Waals surface area contributed by atoms with Crippen LogP contribution in [-0.2, 0) is 9.53 Å². The average molecular weight is 187 g/mol. The summed E-state index contributed by atoms with van der Waals surface area (Å²) in [6, 6.07) is -0.211. The van der Waals surface area contributed by atoms with E-state index in [2.05, 4.69) is 5.32 Å². The van der Waals surface area contributed by atoms with Crippen LogP contribution in [0.15, 0.2) is 0 Å². The van der Waals surface area contributed by atoms with Crippen LogP contribution in [0.1, 0.15) is 34.6 Å². The van der Waals surface area contributed by atoms with Gasteiger partial charge in [0.15, 0.2) is 0 Å². The molecule has 0 spiro atoms. The Kier molecular flexibility index (Phi) is 4.99. The quantitative estimate of drug-likeness (QED) is 0.679. The molecule has 0 aromatic carbocycles. The molecule has 0 saturated heterocycles. The Morgan fingerprint density at radius 3 is 2.23 bits per heavy atom. The predicted octanol–water partition coefficient (Wildman–Crippen LogP) is 1.57. The minimum absolute atomic E-state index is 0.0950. The van der Waals surface area contributed by atoms with Crippen molar-refractivity contribution in [3.8, 4) is 0 Å². The molecule has 1 N–H and O–H groups in total. The first-order valence-electron chi connectivity index (χ1n) is 4.83. The standard InChI is InChI=1S/C10H21NO2/c1-6-11-8(10(3,4)5)9(12)13-7-2/h8,11H,6-7H2,1-5H3. The van der Waals surface area contributed by atoms with Gasteiger partial charge in [0.1, 0.15) is 6.04 Å². The molecule has 3 nitrogen and oxygen atoms in total. The molecule has 0 aliphatic heterocycles. The van der Waals surface area contributed by atoms with Gasteiger partial charge in [-0.25, -0.2) is 0 Å². The van der Waals surface area contributed by atoms with Crippen LogP contribution in [0, 0.1) is 5.41 Å². The van der Waals surface area contributed by atoms with Gasteiger partial charge in [0.25, 0.3) is 0 Å². The first kappa shape index (κ1) is 12.4. The van der Waals surface area contributed by atoms with Crippen LogP contribution in [0.2, 0.25) is 0 Å². The molecular formula is C10H21NO2. The zero-order chi connectivity index (χ0) is 10.5. The second-order valence-corrected chi connectivity index (χ2v) is 4.11. The van der Waals surface area contributed by atoms with Crippen molar-refractivity contribution >= 4 is 5.97 Å². The molecular weight excluding hydrogens is 166 g/mol. The van der Waals surface area contributed by atoms with Gasteiger partial charge in [-0.05, 0) is 18.9 Å². The van der Waals surface area contributed by atoms with Crippen LogP contribution in [0.5, 0.6) is 0 Å². The summed E-state index contributed by atoms with van der Waals surface area (Å²) in [5.74, 6) is -0.156. The molecule has 0 bridgehead atoms. The first-order chi connectivity index (χ1) is 5.93. The fourth-order valence-electron chi connectivity index (χ4n) is 1.17. The molecule has 0 fully saturated rings. The second-order valence-electron chi connectivity index (χ2n) is 4.11. The lowest BCUT2D eigenvalue weighted by atomic mass is 9.87. The summed E-state index contributed by atoms with van der Waals surface area (Å²) in [6.07, 6.45) is 0. The molecule has 0 aliphatic carbocycles. The van der Waals surface area contributed by atoms with Crippen LogP contribution in [0.3, 0.4) is 0 Å². The summed E-state index contributed by atoms with van der Waals surface area (Å²) in [5.41, 5.74) is -0.0950. The number of ether oxygens (including phenoxy) is 1. The summed E-state index contributed by atoms with van der Waals surface area (Å²) in [4.78, 5) is 11.5. The molecule has 0 aromatic rings. The molecule has 1 atom stereocenters. The topological polar surface area (TPSA) is 38.3 Å². The van der Waals surface area contributed by atoms with E-state index in [4.69, 9.17) is 4.74 Å². The number of carbonyl (C=O) groups excluding carboxylic acids is 1. The number of hydrogen-bond donors (Lipinski definition) is 1. The first-order valence-corrected chi connectivity index (χ1v) is 4.83. The maximum absolute atomic E-state index is 11.5. The summed E-state index contributed by atoms with van der Waals surface area (Å²) in [5, 5.41) is 3.13. The van der Waals surface area contributed by atoms with Gasteiger partial charge in [0, 0.05) is 0 Å². The molecule has 1 unspecified atom stereocenters. The van der Waals surface area contributed by atoms with Crippen LogP contribution >= 0.6 is 0 Å². The van der Waals surface area contributed by atoms with Crippen molar-refractivity contribution in [1.29, 1.82) is 0 Å². The fourth-order valence-corrected chi connectivity index (χ4v) is 1.17. The van der Waals surface area contributed by atoms with Crippen molar-refractivity contribution in [2.24, 2.45) is 5.41 Å². The van der Waals surface area contributed by atoms with Gasteiger partial charge in [-0.15, -0.1) is 0 Å². The Bertz CT molecular complexity index is 161. The molecule has 0 aromatic heterocycles. The van der Waals surface area contributed by atoms with Crippen LogP contribution < -0.4 is 5.32 Å². The van der Waals surface area contributed by atoms with Crippen LogP contribution in [-0.4, -0.2) is 25.2 Å². The van der Waals surface area contributed by atoms with Gasteiger partial charge in [-0.2, -0.15) is 0 Å². The Labute approximate surface area is 80.8 Å². The molecule has 78 valence electrons. The maximum atomic E-state index is 11.5. The minimum atomic E-state index is -0.211. The number of hydrogen-bond acceptors (Lipinski definition) is 3. The van der Waals surface area contributed by atoms with Crippen molar-refractivity contribution in [2.45, 2.75) is 40.7 Å². The summed E-state index contributed by atoms with van der Waals surface area (Å²) < 4.78 is 4.98. The zero-order valence-corrected chi connectivity index (χ0v) is 9.31. The second kappa shape index (κ2) is 5.22. The highest BCUT2D eigenvalue weighted by molar-refractivity contribution is 5.76. The van der Waals surface area contributed by atoms with E-state index in [0.717, 1.165) is 6.54 Å². The van der Waals surface area contributed by atoms with Gasteiger partial charge in [0.2, 0.25) is 0 Å². The van der Waals surface area contributed by atoms with E-state index in [1.165, 1.54) is 0 Å². The normalized spacial score (nSPS) is 13.9. The Balaban J connectivity index is 4.33. The number of likely N-dealkylation sites (N-methyl/N-ethyl adjacent to an activating group) is 1. The average Bonchev–Trinajstić information content (AvgIpc) is 1.98. The SMILES string of the molecule is CCNC(C(=O)OCC)C(C)(C)C. The van der Waals surface area contributed by atoms with Crippen molar-refractivity contribution in [3.63, 3.8) is 0 Å².